The normalized spacial score (nSPS) is 9.88. The second-order valence-corrected chi connectivity index (χ2v) is 4.61. The van der Waals surface area contributed by atoms with E-state index < -0.39 is 0 Å². The van der Waals surface area contributed by atoms with E-state index in [0.717, 1.165) is 13.1 Å². The predicted molar refractivity (Wildman–Crippen MR) is 76.7 cm³/mol. The molecule has 1 N–H and O–H groups in total. The number of benzene rings is 1. The molecule has 16 heavy (non-hydrogen) atoms. The van der Waals surface area contributed by atoms with Gasteiger partial charge in [-0.15, -0.1) is 24.2 Å². The Bertz CT molecular complexity index is 261. The average molecular weight is 260 g/mol. The van der Waals surface area contributed by atoms with Gasteiger partial charge in [-0.05, 0) is 36.9 Å². The number of unbranched alkanes of at least 4 members (excludes halogenated alkanes) is 2. The first-order valence-electron chi connectivity index (χ1n) is 5.70. The van der Waals surface area contributed by atoms with Crippen LogP contribution in [0.4, 0.5) is 0 Å². The van der Waals surface area contributed by atoms with Crippen LogP contribution in [0.5, 0.6) is 0 Å². The monoisotopic (exact) mass is 259 g/mol. The average Bonchev–Trinajstić information content (AvgIpc) is 2.30. The Morgan fingerprint density at radius 2 is 1.81 bits per heavy atom. The lowest BCUT2D eigenvalue weighted by Gasteiger charge is -2.05. The minimum atomic E-state index is 0. The van der Waals surface area contributed by atoms with Gasteiger partial charge >= 0.3 is 0 Å². The summed E-state index contributed by atoms with van der Waals surface area (Å²) in [6.45, 7) is 4.37. The van der Waals surface area contributed by atoms with Crippen molar-refractivity contribution in [2.45, 2.75) is 37.6 Å². The summed E-state index contributed by atoms with van der Waals surface area (Å²) in [5, 5.41) is 3.47. The van der Waals surface area contributed by atoms with Gasteiger partial charge in [-0.3, -0.25) is 0 Å². The van der Waals surface area contributed by atoms with Crippen LogP contribution >= 0.6 is 24.2 Å². The third-order valence-electron chi connectivity index (χ3n) is 2.45. The lowest BCUT2D eigenvalue weighted by molar-refractivity contribution is 0.616. The van der Waals surface area contributed by atoms with Gasteiger partial charge in [0.2, 0.25) is 0 Å². The standard InChI is InChI=1S/C13H21NS.ClH/c1-3-4-5-10-14-11-12-6-8-13(15-2)9-7-12;/h6-9,14H,3-5,10-11H2,1-2H3;1H. The molecule has 1 aromatic rings. The van der Waals surface area contributed by atoms with Crippen LogP contribution < -0.4 is 5.32 Å². The van der Waals surface area contributed by atoms with E-state index in [1.54, 1.807) is 11.8 Å². The van der Waals surface area contributed by atoms with Gasteiger partial charge in [0.15, 0.2) is 0 Å². The van der Waals surface area contributed by atoms with Crippen LogP contribution in [0, 0.1) is 0 Å². The Morgan fingerprint density at radius 1 is 1.12 bits per heavy atom. The van der Waals surface area contributed by atoms with E-state index in [0.29, 0.717) is 0 Å². The highest BCUT2D eigenvalue weighted by Crippen LogP contribution is 2.14. The molecule has 0 heterocycles. The molecule has 0 amide bonds. The number of rotatable bonds is 7. The highest BCUT2D eigenvalue weighted by atomic mass is 35.5. The first-order valence-corrected chi connectivity index (χ1v) is 6.93. The smallest absolute Gasteiger partial charge is 0.0205 e. The van der Waals surface area contributed by atoms with Crippen LogP contribution in [0.1, 0.15) is 31.7 Å². The molecule has 92 valence electrons. The molecule has 0 fully saturated rings. The maximum Gasteiger partial charge on any atom is 0.0205 e. The Morgan fingerprint density at radius 3 is 2.38 bits per heavy atom. The molecule has 0 saturated carbocycles. The molecule has 0 atom stereocenters. The van der Waals surface area contributed by atoms with Crippen molar-refractivity contribution in [3.8, 4) is 0 Å². The fourth-order valence-electron chi connectivity index (χ4n) is 1.48. The molecule has 0 aliphatic heterocycles. The van der Waals surface area contributed by atoms with Crippen LogP contribution in [-0.2, 0) is 6.54 Å². The van der Waals surface area contributed by atoms with Gasteiger partial charge in [0.1, 0.15) is 0 Å². The second-order valence-electron chi connectivity index (χ2n) is 3.73. The Labute approximate surface area is 110 Å². The predicted octanol–water partition coefficient (Wildman–Crippen LogP) is 4.11. The van der Waals surface area contributed by atoms with E-state index in [4.69, 9.17) is 0 Å². The molecule has 0 saturated heterocycles. The van der Waals surface area contributed by atoms with Crippen molar-refractivity contribution in [1.29, 1.82) is 0 Å². The highest BCUT2D eigenvalue weighted by Gasteiger charge is 1.93. The van der Waals surface area contributed by atoms with Gasteiger partial charge in [0.25, 0.3) is 0 Å². The summed E-state index contributed by atoms with van der Waals surface area (Å²) in [7, 11) is 0. The van der Waals surface area contributed by atoms with E-state index in [1.165, 1.54) is 29.7 Å². The first-order chi connectivity index (χ1) is 7.36. The molecule has 0 spiro atoms. The van der Waals surface area contributed by atoms with Crippen LogP contribution in [0.25, 0.3) is 0 Å². The molecule has 0 radical (unpaired) electrons. The molecule has 0 aliphatic carbocycles. The summed E-state index contributed by atoms with van der Waals surface area (Å²) in [5.74, 6) is 0. The Balaban J connectivity index is 0.00000225. The summed E-state index contributed by atoms with van der Waals surface area (Å²) in [4.78, 5) is 1.34. The molecule has 1 rings (SSSR count). The third-order valence-corrected chi connectivity index (χ3v) is 3.19. The van der Waals surface area contributed by atoms with Crippen molar-refractivity contribution in [2.75, 3.05) is 12.8 Å². The Kier molecular flexibility index (Phi) is 9.89. The summed E-state index contributed by atoms with van der Waals surface area (Å²) < 4.78 is 0. The lowest BCUT2D eigenvalue weighted by atomic mass is 10.2. The molecule has 0 bridgehead atoms. The molecule has 1 aromatic carbocycles. The quantitative estimate of drug-likeness (QED) is 0.584. The Hall–Kier alpha value is -0.180. The first kappa shape index (κ1) is 15.8. The highest BCUT2D eigenvalue weighted by molar-refractivity contribution is 7.98. The van der Waals surface area contributed by atoms with Gasteiger partial charge in [-0.2, -0.15) is 0 Å². The number of hydrogen-bond donors (Lipinski definition) is 1. The summed E-state index contributed by atoms with van der Waals surface area (Å²) >= 11 is 1.79. The lowest BCUT2D eigenvalue weighted by Crippen LogP contribution is -2.14. The van der Waals surface area contributed by atoms with Crippen LogP contribution in [0.2, 0.25) is 0 Å². The summed E-state index contributed by atoms with van der Waals surface area (Å²) in [6, 6.07) is 8.79. The zero-order valence-corrected chi connectivity index (χ0v) is 11.8. The minimum absolute atomic E-state index is 0. The summed E-state index contributed by atoms with van der Waals surface area (Å²) in [5.41, 5.74) is 1.38. The van der Waals surface area contributed by atoms with Crippen LogP contribution in [0.15, 0.2) is 29.2 Å². The fraction of sp³-hybridized carbons (Fsp3) is 0.538. The van der Waals surface area contributed by atoms with Gasteiger partial charge in [0, 0.05) is 11.4 Å². The van der Waals surface area contributed by atoms with Gasteiger partial charge in [0.05, 0.1) is 0 Å². The van der Waals surface area contributed by atoms with Crippen molar-refractivity contribution in [1.82, 2.24) is 5.32 Å². The van der Waals surface area contributed by atoms with Crippen molar-refractivity contribution in [2.24, 2.45) is 0 Å². The van der Waals surface area contributed by atoms with E-state index in [2.05, 4.69) is 42.8 Å². The molecular formula is C13H22ClNS. The van der Waals surface area contributed by atoms with Gasteiger partial charge in [-0.25, -0.2) is 0 Å². The summed E-state index contributed by atoms with van der Waals surface area (Å²) in [6.07, 6.45) is 6.03. The van der Waals surface area contributed by atoms with Crippen LogP contribution in [0.3, 0.4) is 0 Å². The largest absolute Gasteiger partial charge is 0.313 e. The topological polar surface area (TPSA) is 12.0 Å². The van der Waals surface area contributed by atoms with Crippen molar-refractivity contribution >= 4 is 24.2 Å². The zero-order chi connectivity index (χ0) is 10.9. The molecular weight excluding hydrogens is 238 g/mol. The molecule has 0 aromatic heterocycles. The zero-order valence-electron chi connectivity index (χ0n) is 10.2. The minimum Gasteiger partial charge on any atom is -0.313 e. The number of nitrogens with one attached hydrogen (secondary N) is 1. The van der Waals surface area contributed by atoms with Gasteiger partial charge in [-0.1, -0.05) is 31.9 Å². The van der Waals surface area contributed by atoms with Crippen LogP contribution in [-0.4, -0.2) is 12.8 Å². The van der Waals surface area contributed by atoms with Crippen molar-refractivity contribution in [3.63, 3.8) is 0 Å². The maximum absolute atomic E-state index is 3.47. The van der Waals surface area contributed by atoms with Crippen molar-refractivity contribution < 1.29 is 0 Å². The van der Waals surface area contributed by atoms with E-state index in [9.17, 15) is 0 Å². The second kappa shape index (κ2) is 10.0. The molecule has 0 unspecified atom stereocenters. The maximum atomic E-state index is 3.47. The van der Waals surface area contributed by atoms with Gasteiger partial charge < -0.3 is 5.32 Å². The molecule has 3 heteroatoms. The molecule has 1 nitrogen and oxygen atoms in total. The molecule has 0 aliphatic rings. The third kappa shape index (κ3) is 6.41. The van der Waals surface area contributed by atoms with E-state index >= 15 is 0 Å². The number of halogens is 1. The SMILES string of the molecule is CCCCCNCc1ccc(SC)cc1.Cl. The fourth-order valence-corrected chi connectivity index (χ4v) is 1.88. The number of thioether (sulfide) groups is 1. The van der Waals surface area contributed by atoms with E-state index in [1.807, 2.05) is 0 Å². The number of hydrogen-bond acceptors (Lipinski definition) is 2. The van der Waals surface area contributed by atoms with Crippen molar-refractivity contribution in [3.05, 3.63) is 29.8 Å². The van der Waals surface area contributed by atoms with E-state index in [-0.39, 0.29) is 12.4 Å².